The van der Waals surface area contributed by atoms with E-state index < -0.39 is 0 Å². The fourth-order valence-corrected chi connectivity index (χ4v) is 5.83. The quantitative estimate of drug-likeness (QED) is 0.871. The van der Waals surface area contributed by atoms with E-state index in [1.165, 1.54) is 17.9 Å². The van der Waals surface area contributed by atoms with Crippen molar-refractivity contribution in [3.8, 4) is 0 Å². The zero-order chi connectivity index (χ0) is 13.8. The molecule has 6 heteroatoms. The summed E-state index contributed by atoms with van der Waals surface area (Å²) in [6.45, 7) is 4.39. The van der Waals surface area contributed by atoms with Crippen LogP contribution in [0.5, 0.6) is 0 Å². The van der Waals surface area contributed by atoms with E-state index in [-0.39, 0.29) is 0 Å². The predicted molar refractivity (Wildman–Crippen MR) is 90.4 cm³/mol. The van der Waals surface area contributed by atoms with Crippen molar-refractivity contribution in [2.45, 2.75) is 37.2 Å². The second-order valence-corrected chi connectivity index (χ2v) is 7.79. The van der Waals surface area contributed by atoms with Crippen LogP contribution in [0, 0.1) is 0 Å². The Labute approximate surface area is 132 Å². The first-order chi connectivity index (χ1) is 9.21. The number of aromatic nitrogens is 2. The molecule has 0 bridgehead atoms. The summed E-state index contributed by atoms with van der Waals surface area (Å²) < 4.78 is 1.00. The highest BCUT2D eigenvalue weighted by Crippen LogP contribution is 2.43. The van der Waals surface area contributed by atoms with Gasteiger partial charge in [-0.05, 0) is 28.8 Å². The molecular formula is C13H20BrN3S2. The first-order valence-corrected chi connectivity index (χ1v) is 9.57. The van der Waals surface area contributed by atoms with Gasteiger partial charge in [0.15, 0.2) is 0 Å². The van der Waals surface area contributed by atoms with Crippen LogP contribution >= 0.6 is 39.5 Å². The molecule has 0 aromatic carbocycles. The van der Waals surface area contributed by atoms with Gasteiger partial charge in [-0.3, -0.25) is 0 Å². The highest BCUT2D eigenvalue weighted by Gasteiger charge is 2.29. The maximum atomic E-state index is 4.79. The molecule has 1 aliphatic heterocycles. The van der Waals surface area contributed by atoms with Crippen molar-refractivity contribution in [3.05, 3.63) is 16.0 Å². The summed E-state index contributed by atoms with van der Waals surface area (Å²) in [4.78, 5) is 9.51. The average Bonchev–Trinajstić information content (AvgIpc) is 2.47. The molecule has 0 radical (unpaired) electrons. The molecule has 2 heterocycles. The van der Waals surface area contributed by atoms with E-state index in [9.17, 15) is 0 Å². The molecule has 3 nitrogen and oxygen atoms in total. The molecule has 0 aliphatic carbocycles. The van der Waals surface area contributed by atoms with Gasteiger partial charge in [0.2, 0.25) is 0 Å². The smallest absolute Gasteiger partial charge is 0.145 e. The van der Waals surface area contributed by atoms with Gasteiger partial charge < -0.3 is 5.32 Å². The maximum Gasteiger partial charge on any atom is 0.145 e. The number of anilines is 1. The van der Waals surface area contributed by atoms with E-state index in [1.54, 1.807) is 0 Å². The molecule has 2 unspecified atom stereocenters. The summed E-state index contributed by atoms with van der Waals surface area (Å²) in [6.07, 6.45) is 2.10. The number of hydrogen-bond donors (Lipinski definition) is 1. The lowest BCUT2D eigenvalue weighted by atomic mass is 10.2. The lowest BCUT2D eigenvalue weighted by Crippen LogP contribution is -2.21. The molecule has 0 spiro atoms. The fourth-order valence-electron chi connectivity index (χ4n) is 2.18. The molecule has 0 amide bonds. The van der Waals surface area contributed by atoms with E-state index >= 15 is 0 Å². The Bertz CT molecular complexity index is 417. The van der Waals surface area contributed by atoms with Gasteiger partial charge in [0.1, 0.15) is 11.6 Å². The number of halogens is 1. The molecule has 1 N–H and O–H groups in total. The minimum atomic E-state index is 0.425. The third-order valence-electron chi connectivity index (χ3n) is 3.22. The number of nitrogens with zero attached hydrogens (tertiary/aromatic N) is 2. The Morgan fingerprint density at radius 2 is 2.00 bits per heavy atom. The number of hydrogen-bond acceptors (Lipinski definition) is 5. The molecule has 1 aromatic rings. The van der Waals surface area contributed by atoms with Gasteiger partial charge >= 0.3 is 0 Å². The second kappa shape index (κ2) is 7.18. The monoisotopic (exact) mass is 361 g/mol. The molecule has 1 fully saturated rings. The highest BCUT2D eigenvalue weighted by atomic mass is 79.9. The summed E-state index contributed by atoms with van der Waals surface area (Å²) >= 11 is 7.66. The minimum absolute atomic E-state index is 0.425. The lowest BCUT2D eigenvalue weighted by molar-refractivity contribution is 0.740. The van der Waals surface area contributed by atoms with E-state index in [2.05, 4.69) is 46.9 Å². The van der Waals surface area contributed by atoms with Crippen LogP contribution in [0.25, 0.3) is 0 Å². The van der Waals surface area contributed by atoms with Crippen LogP contribution in [0.2, 0.25) is 0 Å². The van der Waals surface area contributed by atoms with Crippen molar-refractivity contribution in [1.29, 1.82) is 0 Å². The van der Waals surface area contributed by atoms with E-state index in [0.29, 0.717) is 10.5 Å². The highest BCUT2D eigenvalue weighted by molar-refractivity contribution is 9.10. The van der Waals surface area contributed by atoms with Crippen LogP contribution in [0.3, 0.4) is 0 Å². The molecule has 1 aliphatic rings. The third kappa shape index (κ3) is 3.39. The standard InChI is InChI=1S/C13H20BrN3S2/c1-4-8-10(14)12(15-3)17-13(16-8)11-9(5-2)18-6-7-19-11/h9,11H,4-7H2,1-3H3,(H,15,16,17). The van der Waals surface area contributed by atoms with Crippen LogP contribution < -0.4 is 5.32 Å². The summed E-state index contributed by atoms with van der Waals surface area (Å²) in [5, 5.41) is 4.23. The van der Waals surface area contributed by atoms with Gasteiger partial charge in [0.05, 0.1) is 15.4 Å². The van der Waals surface area contributed by atoms with Crippen LogP contribution in [-0.4, -0.2) is 33.8 Å². The normalized spacial score (nSPS) is 23.4. The van der Waals surface area contributed by atoms with Crippen molar-refractivity contribution >= 4 is 45.3 Å². The first-order valence-electron chi connectivity index (χ1n) is 6.68. The molecular weight excluding hydrogens is 342 g/mol. The fraction of sp³-hybridized carbons (Fsp3) is 0.692. The van der Waals surface area contributed by atoms with Crippen LogP contribution in [0.1, 0.15) is 37.0 Å². The van der Waals surface area contributed by atoms with Gasteiger partial charge in [0, 0.05) is 23.8 Å². The van der Waals surface area contributed by atoms with Crippen LogP contribution in [0.4, 0.5) is 5.82 Å². The number of thioether (sulfide) groups is 2. The SMILES string of the molecule is CCc1nc(C2SCCSC2CC)nc(NC)c1Br. The van der Waals surface area contributed by atoms with Gasteiger partial charge in [-0.1, -0.05) is 13.8 Å². The van der Waals surface area contributed by atoms with E-state index in [4.69, 9.17) is 9.97 Å². The van der Waals surface area contributed by atoms with Gasteiger partial charge in [0.25, 0.3) is 0 Å². The summed E-state index contributed by atoms with van der Waals surface area (Å²) in [6, 6.07) is 0. The summed E-state index contributed by atoms with van der Waals surface area (Å²) in [7, 11) is 1.91. The van der Waals surface area contributed by atoms with Gasteiger partial charge in [-0.15, -0.1) is 11.8 Å². The third-order valence-corrected chi connectivity index (χ3v) is 7.29. The lowest BCUT2D eigenvalue weighted by Gasteiger charge is -2.29. The largest absolute Gasteiger partial charge is 0.372 e. The molecule has 2 atom stereocenters. The molecule has 19 heavy (non-hydrogen) atoms. The topological polar surface area (TPSA) is 37.8 Å². The van der Waals surface area contributed by atoms with Gasteiger partial charge in [-0.25, -0.2) is 9.97 Å². The Balaban J connectivity index is 2.37. The summed E-state index contributed by atoms with van der Waals surface area (Å²) in [5.41, 5.74) is 1.10. The summed E-state index contributed by atoms with van der Waals surface area (Å²) in [5.74, 6) is 4.35. The Kier molecular flexibility index (Phi) is 5.84. The van der Waals surface area contributed by atoms with Gasteiger partial charge in [-0.2, -0.15) is 11.8 Å². The van der Waals surface area contributed by atoms with Crippen molar-refractivity contribution in [1.82, 2.24) is 9.97 Å². The maximum absolute atomic E-state index is 4.79. The zero-order valence-electron chi connectivity index (χ0n) is 11.6. The molecule has 1 saturated heterocycles. The predicted octanol–water partition coefficient (Wildman–Crippen LogP) is 4.14. The number of rotatable bonds is 4. The van der Waals surface area contributed by atoms with Crippen LogP contribution in [-0.2, 0) is 6.42 Å². The Morgan fingerprint density at radius 3 is 2.63 bits per heavy atom. The Hall–Kier alpha value is 0.0600. The average molecular weight is 362 g/mol. The van der Waals surface area contributed by atoms with Crippen molar-refractivity contribution in [3.63, 3.8) is 0 Å². The molecule has 1 aromatic heterocycles. The van der Waals surface area contributed by atoms with E-state index in [1.807, 2.05) is 18.8 Å². The number of nitrogens with one attached hydrogen (secondary N) is 1. The molecule has 0 saturated carbocycles. The zero-order valence-corrected chi connectivity index (χ0v) is 14.8. The first kappa shape index (κ1) is 15.4. The minimum Gasteiger partial charge on any atom is -0.372 e. The number of aryl methyl sites for hydroxylation is 1. The van der Waals surface area contributed by atoms with Crippen LogP contribution in [0.15, 0.2) is 4.47 Å². The molecule has 106 valence electrons. The second-order valence-electron chi connectivity index (χ2n) is 4.40. The van der Waals surface area contributed by atoms with Crippen molar-refractivity contribution < 1.29 is 0 Å². The van der Waals surface area contributed by atoms with E-state index in [0.717, 1.165) is 28.2 Å². The molecule has 2 rings (SSSR count). The van der Waals surface area contributed by atoms with Crippen molar-refractivity contribution in [2.75, 3.05) is 23.9 Å². The Morgan fingerprint density at radius 1 is 1.26 bits per heavy atom. The van der Waals surface area contributed by atoms with Crippen molar-refractivity contribution in [2.24, 2.45) is 0 Å².